The van der Waals surface area contributed by atoms with Crippen LogP contribution in [0.4, 0.5) is 5.69 Å². The molecule has 0 aliphatic carbocycles. The van der Waals surface area contributed by atoms with Crippen molar-refractivity contribution >= 4 is 11.6 Å². The number of rotatable bonds is 7. The van der Waals surface area contributed by atoms with Crippen molar-refractivity contribution in [2.45, 2.75) is 33.4 Å². The van der Waals surface area contributed by atoms with Gasteiger partial charge in [0.25, 0.3) is 0 Å². The lowest BCUT2D eigenvalue weighted by Gasteiger charge is -2.28. The number of carbonyl (C=O) groups excluding carboxylic acids is 1. The van der Waals surface area contributed by atoms with Gasteiger partial charge in [-0.15, -0.1) is 0 Å². The van der Waals surface area contributed by atoms with Gasteiger partial charge in [0.1, 0.15) is 0 Å². The van der Waals surface area contributed by atoms with E-state index < -0.39 is 0 Å². The Morgan fingerprint density at radius 3 is 2.54 bits per heavy atom. The standard InChI is InChI=1S/C19H25N3O2/c1-14-6-4-7-15(2)18(14)21-19(24)16(3)22(10-11-23)13-17-8-5-9-20-12-17/h4-9,12,16,23H,10-11,13H2,1-3H3,(H,21,24). The molecule has 128 valence electrons. The van der Waals surface area contributed by atoms with Gasteiger partial charge in [-0.1, -0.05) is 24.3 Å². The fourth-order valence-corrected chi connectivity index (χ4v) is 2.67. The fourth-order valence-electron chi connectivity index (χ4n) is 2.67. The lowest BCUT2D eigenvalue weighted by atomic mass is 10.1. The molecule has 0 spiro atoms. The molecule has 1 unspecified atom stereocenters. The molecule has 2 rings (SSSR count). The third-order valence-electron chi connectivity index (χ3n) is 4.15. The third-order valence-corrected chi connectivity index (χ3v) is 4.15. The van der Waals surface area contributed by atoms with Gasteiger partial charge in [0.05, 0.1) is 12.6 Å². The van der Waals surface area contributed by atoms with Crippen LogP contribution in [0.15, 0.2) is 42.7 Å². The fraction of sp³-hybridized carbons (Fsp3) is 0.368. The van der Waals surface area contributed by atoms with Crippen LogP contribution in [0.1, 0.15) is 23.6 Å². The van der Waals surface area contributed by atoms with Crippen molar-refractivity contribution in [2.24, 2.45) is 0 Å². The number of amides is 1. The Hall–Kier alpha value is -2.24. The van der Waals surface area contributed by atoms with Gasteiger partial charge >= 0.3 is 0 Å². The smallest absolute Gasteiger partial charge is 0.241 e. The van der Waals surface area contributed by atoms with Crippen molar-refractivity contribution in [3.05, 3.63) is 59.4 Å². The summed E-state index contributed by atoms with van der Waals surface area (Å²) in [6, 6.07) is 9.41. The number of aliphatic hydroxyl groups excluding tert-OH is 1. The first-order chi connectivity index (χ1) is 11.5. The van der Waals surface area contributed by atoms with Crippen LogP contribution in [0.5, 0.6) is 0 Å². The minimum absolute atomic E-state index is 0.00126. The Labute approximate surface area is 143 Å². The van der Waals surface area contributed by atoms with Crippen LogP contribution in [0.2, 0.25) is 0 Å². The number of para-hydroxylation sites is 1. The molecule has 2 aromatic rings. The van der Waals surface area contributed by atoms with E-state index >= 15 is 0 Å². The molecule has 0 aliphatic heterocycles. The second-order valence-corrected chi connectivity index (χ2v) is 5.99. The Balaban J connectivity index is 2.11. The summed E-state index contributed by atoms with van der Waals surface area (Å²) in [5.74, 6) is -0.0789. The summed E-state index contributed by atoms with van der Waals surface area (Å²) < 4.78 is 0. The second kappa shape index (κ2) is 8.57. The molecular weight excluding hydrogens is 302 g/mol. The van der Waals surface area contributed by atoms with Gasteiger partial charge in [-0.3, -0.25) is 14.7 Å². The largest absolute Gasteiger partial charge is 0.395 e. The Kier molecular flexibility index (Phi) is 6.46. The van der Waals surface area contributed by atoms with Crippen LogP contribution in [0.3, 0.4) is 0 Å². The quantitative estimate of drug-likeness (QED) is 0.820. The zero-order valence-electron chi connectivity index (χ0n) is 14.5. The number of aromatic nitrogens is 1. The molecule has 0 fully saturated rings. The molecule has 0 radical (unpaired) electrons. The number of anilines is 1. The van der Waals surface area contributed by atoms with Gasteiger partial charge in [0.15, 0.2) is 0 Å². The maximum Gasteiger partial charge on any atom is 0.241 e. The molecule has 1 aromatic heterocycles. The first kappa shape index (κ1) is 18.1. The number of nitrogens with zero attached hydrogens (tertiary/aromatic N) is 2. The normalized spacial score (nSPS) is 12.2. The highest BCUT2D eigenvalue weighted by Crippen LogP contribution is 2.20. The van der Waals surface area contributed by atoms with Crippen molar-refractivity contribution in [1.29, 1.82) is 0 Å². The van der Waals surface area contributed by atoms with Crippen molar-refractivity contribution in [3.63, 3.8) is 0 Å². The number of nitrogens with one attached hydrogen (secondary N) is 1. The molecule has 1 aromatic carbocycles. The summed E-state index contributed by atoms with van der Waals surface area (Å²) >= 11 is 0. The van der Waals surface area contributed by atoms with Gasteiger partial charge in [0, 0.05) is 31.2 Å². The minimum atomic E-state index is -0.364. The molecule has 24 heavy (non-hydrogen) atoms. The summed E-state index contributed by atoms with van der Waals surface area (Å²) in [7, 11) is 0. The van der Waals surface area contributed by atoms with Crippen molar-refractivity contribution in [1.82, 2.24) is 9.88 Å². The average molecular weight is 327 g/mol. The molecule has 1 heterocycles. The van der Waals surface area contributed by atoms with Gasteiger partial charge in [-0.05, 0) is 43.5 Å². The summed E-state index contributed by atoms with van der Waals surface area (Å²) in [6.07, 6.45) is 3.50. The topological polar surface area (TPSA) is 65.5 Å². The van der Waals surface area contributed by atoms with Crippen molar-refractivity contribution in [3.8, 4) is 0 Å². The van der Waals surface area contributed by atoms with Crippen LogP contribution < -0.4 is 5.32 Å². The average Bonchev–Trinajstić information content (AvgIpc) is 2.58. The number of carbonyl (C=O) groups is 1. The highest BCUT2D eigenvalue weighted by molar-refractivity contribution is 5.95. The maximum atomic E-state index is 12.7. The Morgan fingerprint density at radius 1 is 1.25 bits per heavy atom. The van der Waals surface area contributed by atoms with E-state index in [1.165, 1.54) is 0 Å². The summed E-state index contributed by atoms with van der Waals surface area (Å²) in [5, 5.41) is 12.4. The zero-order chi connectivity index (χ0) is 17.5. The summed E-state index contributed by atoms with van der Waals surface area (Å²) in [4.78, 5) is 18.7. The maximum absolute atomic E-state index is 12.7. The second-order valence-electron chi connectivity index (χ2n) is 5.99. The molecule has 0 aliphatic rings. The first-order valence-corrected chi connectivity index (χ1v) is 8.14. The molecule has 1 atom stereocenters. The van der Waals surface area contributed by atoms with E-state index in [0.717, 1.165) is 22.4 Å². The van der Waals surface area contributed by atoms with E-state index in [1.807, 2.05) is 56.0 Å². The molecule has 0 saturated heterocycles. The van der Waals surface area contributed by atoms with Crippen LogP contribution >= 0.6 is 0 Å². The summed E-state index contributed by atoms with van der Waals surface area (Å²) in [5.41, 5.74) is 3.95. The molecule has 5 nitrogen and oxygen atoms in total. The van der Waals surface area contributed by atoms with Gasteiger partial charge in [-0.25, -0.2) is 0 Å². The van der Waals surface area contributed by atoms with Crippen LogP contribution in [0.25, 0.3) is 0 Å². The van der Waals surface area contributed by atoms with E-state index in [1.54, 1.807) is 12.4 Å². The van der Waals surface area contributed by atoms with E-state index in [2.05, 4.69) is 10.3 Å². The van der Waals surface area contributed by atoms with E-state index in [-0.39, 0.29) is 18.6 Å². The highest BCUT2D eigenvalue weighted by atomic mass is 16.3. The molecule has 1 amide bonds. The van der Waals surface area contributed by atoms with Crippen molar-refractivity contribution in [2.75, 3.05) is 18.5 Å². The number of benzene rings is 1. The predicted molar refractivity (Wildman–Crippen MR) is 95.7 cm³/mol. The molecule has 0 saturated carbocycles. The van der Waals surface area contributed by atoms with E-state index in [4.69, 9.17) is 0 Å². The van der Waals surface area contributed by atoms with Gasteiger partial charge < -0.3 is 10.4 Å². The number of aryl methyl sites for hydroxylation is 2. The van der Waals surface area contributed by atoms with E-state index in [0.29, 0.717) is 13.1 Å². The third kappa shape index (κ3) is 4.63. The predicted octanol–water partition coefficient (Wildman–Crippen LogP) is 2.52. The number of hydrogen-bond acceptors (Lipinski definition) is 4. The number of aliphatic hydroxyl groups is 1. The first-order valence-electron chi connectivity index (χ1n) is 8.14. The van der Waals surface area contributed by atoms with Crippen LogP contribution in [-0.4, -0.2) is 40.1 Å². The zero-order valence-corrected chi connectivity index (χ0v) is 14.5. The summed E-state index contributed by atoms with van der Waals surface area (Å²) in [6.45, 7) is 6.81. The van der Waals surface area contributed by atoms with Gasteiger partial charge in [0.2, 0.25) is 5.91 Å². The van der Waals surface area contributed by atoms with Gasteiger partial charge in [-0.2, -0.15) is 0 Å². The molecular formula is C19H25N3O2. The van der Waals surface area contributed by atoms with Crippen LogP contribution in [-0.2, 0) is 11.3 Å². The SMILES string of the molecule is Cc1cccc(C)c1NC(=O)C(C)N(CCO)Cc1cccnc1. The van der Waals surface area contributed by atoms with Crippen LogP contribution in [0, 0.1) is 13.8 Å². The highest BCUT2D eigenvalue weighted by Gasteiger charge is 2.22. The molecule has 2 N–H and O–H groups in total. The monoisotopic (exact) mass is 327 g/mol. The lowest BCUT2D eigenvalue weighted by molar-refractivity contribution is -0.121. The van der Waals surface area contributed by atoms with Crippen molar-refractivity contribution < 1.29 is 9.90 Å². The number of hydrogen-bond donors (Lipinski definition) is 2. The van der Waals surface area contributed by atoms with E-state index in [9.17, 15) is 9.90 Å². The Morgan fingerprint density at radius 2 is 1.96 bits per heavy atom. The molecule has 5 heteroatoms. The number of pyridine rings is 1. The minimum Gasteiger partial charge on any atom is -0.395 e. The molecule has 0 bridgehead atoms. The Bertz CT molecular complexity index is 653. The lowest BCUT2D eigenvalue weighted by Crippen LogP contribution is -2.43.